The molecule has 0 saturated heterocycles. The summed E-state index contributed by atoms with van der Waals surface area (Å²) in [7, 11) is 1.64. The number of rotatable bonds is 8. The number of para-hydroxylation sites is 1. The van der Waals surface area contributed by atoms with E-state index in [2.05, 4.69) is 21.6 Å². The van der Waals surface area contributed by atoms with E-state index in [0.29, 0.717) is 11.0 Å². The minimum atomic E-state index is -0.116. The summed E-state index contributed by atoms with van der Waals surface area (Å²) in [5, 5.41) is 12.6. The number of methoxy groups -OCH3 is 1. The first-order valence-corrected chi connectivity index (χ1v) is 12.8. The molecule has 0 aliphatic rings. The smallest absolute Gasteiger partial charge is 0.234 e. The molecule has 4 aromatic carbocycles. The maximum Gasteiger partial charge on any atom is 0.234 e. The number of aromatic nitrogens is 3. The Bertz CT molecular complexity index is 1510. The van der Waals surface area contributed by atoms with Gasteiger partial charge in [0.1, 0.15) is 5.75 Å². The maximum absolute atomic E-state index is 13.0. The van der Waals surface area contributed by atoms with E-state index >= 15 is 0 Å². The van der Waals surface area contributed by atoms with Gasteiger partial charge in [0.15, 0.2) is 11.0 Å². The predicted molar refractivity (Wildman–Crippen MR) is 149 cm³/mol. The summed E-state index contributed by atoms with van der Waals surface area (Å²) in [5.41, 5.74) is 5.78. The highest BCUT2D eigenvalue weighted by Gasteiger charge is 2.18. The van der Waals surface area contributed by atoms with Gasteiger partial charge in [-0.2, -0.15) is 0 Å². The second-order valence-electron chi connectivity index (χ2n) is 8.46. The van der Waals surface area contributed by atoms with Crippen molar-refractivity contribution in [3.63, 3.8) is 0 Å². The van der Waals surface area contributed by atoms with Crippen molar-refractivity contribution in [2.75, 3.05) is 18.2 Å². The van der Waals surface area contributed by atoms with Gasteiger partial charge in [0.25, 0.3) is 0 Å². The molecule has 5 aromatic rings. The minimum Gasteiger partial charge on any atom is -0.497 e. The molecule has 0 unspecified atom stereocenters. The Morgan fingerprint density at radius 1 is 0.865 bits per heavy atom. The molecular formula is C30H26N4O2S. The molecule has 0 radical (unpaired) electrons. The second kappa shape index (κ2) is 11.1. The van der Waals surface area contributed by atoms with Crippen molar-refractivity contribution >= 4 is 23.4 Å². The molecule has 0 saturated carbocycles. The van der Waals surface area contributed by atoms with Crippen LogP contribution in [-0.2, 0) is 4.79 Å². The van der Waals surface area contributed by atoms with Crippen LogP contribution in [0.25, 0.3) is 28.2 Å². The summed E-state index contributed by atoms with van der Waals surface area (Å²) < 4.78 is 7.30. The van der Waals surface area contributed by atoms with Gasteiger partial charge in [-0.05, 0) is 48.9 Å². The molecule has 0 aliphatic carbocycles. The van der Waals surface area contributed by atoms with Crippen molar-refractivity contribution in [1.82, 2.24) is 14.8 Å². The van der Waals surface area contributed by atoms with Crippen LogP contribution in [0.5, 0.6) is 5.75 Å². The van der Waals surface area contributed by atoms with E-state index < -0.39 is 0 Å². The highest BCUT2D eigenvalue weighted by atomic mass is 32.2. The van der Waals surface area contributed by atoms with E-state index in [1.54, 1.807) is 7.11 Å². The molecule has 0 bridgehead atoms. The predicted octanol–water partition coefficient (Wildman–Crippen LogP) is 6.65. The van der Waals surface area contributed by atoms with Crippen LogP contribution in [0.1, 0.15) is 5.56 Å². The number of benzene rings is 4. The zero-order chi connectivity index (χ0) is 25.6. The SMILES string of the molecule is COc1ccc(-n2c(SCC(=O)Nc3ccccc3-c3ccccc3)nnc2-c2cccc(C)c2)cc1. The van der Waals surface area contributed by atoms with Gasteiger partial charge in [0.2, 0.25) is 5.91 Å². The summed E-state index contributed by atoms with van der Waals surface area (Å²) in [6.45, 7) is 2.05. The third-order valence-electron chi connectivity index (χ3n) is 5.86. The molecule has 0 spiro atoms. The standard InChI is InChI=1S/C30H26N4O2S/c1-21-9-8-12-23(19-21)29-32-33-30(34(29)24-15-17-25(36-2)18-16-24)37-20-28(35)31-27-14-7-6-13-26(27)22-10-4-3-5-11-22/h3-19H,20H2,1-2H3,(H,31,35). The highest BCUT2D eigenvalue weighted by molar-refractivity contribution is 7.99. The van der Waals surface area contributed by atoms with Gasteiger partial charge in [-0.25, -0.2) is 0 Å². The van der Waals surface area contributed by atoms with Gasteiger partial charge in [0.05, 0.1) is 12.9 Å². The number of aryl methyl sites for hydroxylation is 1. The zero-order valence-electron chi connectivity index (χ0n) is 20.6. The van der Waals surface area contributed by atoms with Crippen molar-refractivity contribution in [3.8, 4) is 34.0 Å². The van der Waals surface area contributed by atoms with Gasteiger partial charge in [0, 0.05) is 22.5 Å². The number of anilines is 1. The van der Waals surface area contributed by atoms with E-state index in [4.69, 9.17) is 4.74 Å². The summed E-state index contributed by atoms with van der Waals surface area (Å²) in [4.78, 5) is 13.0. The van der Waals surface area contributed by atoms with Crippen LogP contribution >= 0.6 is 11.8 Å². The van der Waals surface area contributed by atoms with Gasteiger partial charge in [-0.3, -0.25) is 9.36 Å². The summed E-state index contributed by atoms with van der Waals surface area (Å²) in [6.07, 6.45) is 0. The lowest BCUT2D eigenvalue weighted by Crippen LogP contribution is -2.15. The Balaban J connectivity index is 1.40. The van der Waals surface area contributed by atoms with Crippen LogP contribution in [0.4, 0.5) is 5.69 Å². The molecule has 1 heterocycles. The Hall–Kier alpha value is -4.36. The number of carbonyl (C=O) groups excluding carboxylic acids is 1. The number of amides is 1. The first-order chi connectivity index (χ1) is 18.1. The minimum absolute atomic E-state index is 0.116. The molecule has 37 heavy (non-hydrogen) atoms. The van der Waals surface area contributed by atoms with Crippen molar-refractivity contribution < 1.29 is 9.53 Å². The fraction of sp³-hybridized carbons (Fsp3) is 0.100. The van der Waals surface area contributed by atoms with Crippen LogP contribution < -0.4 is 10.1 Å². The third-order valence-corrected chi connectivity index (χ3v) is 6.79. The summed E-state index contributed by atoms with van der Waals surface area (Å²) in [6, 6.07) is 33.7. The average Bonchev–Trinajstić information content (AvgIpc) is 3.37. The molecule has 1 N–H and O–H groups in total. The second-order valence-corrected chi connectivity index (χ2v) is 9.40. The number of nitrogens with zero attached hydrogens (tertiary/aromatic N) is 3. The Kier molecular flexibility index (Phi) is 7.33. The first-order valence-electron chi connectivity index (χ1n) is 11.9. The number of thioether (sulfide) groups is 1. The molecule has 1 aromatic heterocycles. The lowest BCUT2D eigenvalue weighted by Gasteiger charge is -2.13. The molecule has 7 heteroatoms. The van der Waals surface area contributed by atoms with Crippen molar-refractivity contribution in [3.05, 3.63) is 109 Å². The van der Waals surface area contributed by atoms with Crippen LogP contribution in [0, 0.1) is 6.92 Å². The molecule has 5 rings (SSSR count). The first kappa shape index (κ1) is 24.3. The van der Waals surface area contributed by atoms with Crippen molar-refractivity contribution in [2.24, 2.45) is 0 Å². The monoisotopic (exact) mass is 506 g/mol. The number of carbonyl (C=O) groups is 1. The molecule has 6 nitrogen and oxygen atoms in total. The van der Waals surface area contributed by atoms with E-state index in [1.165, 1.54) is 11.8 Å². The number of hydrogen-bond donors (Lipinski definition) is 1. The molecule has 184 valence electrons. The lowest BCUT2D eigenvalue weighted by atomic mass is 10.0. The van der Waals surface area contributed by atoms with Crippen LogP contribution in [0.3, 0.4) is 0 Å². The highest BCUT2D eigenvalue weighted by Crippen LogP contribution is 2.31. The van der Waals surface area contributed by atoms with E-state index in [9.17, 15) is 4.79 Å². The quantitative estimate of drug-likeness (QED) is 0.239. The maximum atomic E-state index is 13.0. The van der Waals surface area contributed by atoms with Gasteiger partial charge >= 0.3 is 0 Å². The van der Waals surface area contributed by atoms with E-state index in [0.717, 1.165) is 39.4 Å². The Labute approximate surface area is 220 Å². The van der Waals surface area contributed by atoms with Crippen LogP contribution in [0.15, 0.2) is 108 Å². The van der Waals surface area contributed by atoms with Gasteiger partial charge in [-0.1, -0.05) is 84.1 Å². The molecule has 0 atom stereocenters. The number of ether oxygens (including phenoxy) is 1. The molecule has 0 aliphatic heterocycles. The number of hydrogen-bond acceptors (Lipinski definition) is 5. The Morgan fingerprint density at radius 3 is 2.35 bits per heavy atom. The van der Waals surface area contributed by atoms with Crippen molar-refractivity contribution in [1.29, 1.82) is 0 Å². The number of nitrogens with one attached hydrogen (secondary N) is 1. The van der Waals surface area contributed by atoms with Gasteiger partial charge in [-0.15, -0.1) is 10.2 Å². The molecule has 1 amide bonds. The van der Waals surface area contributed by atoms with Crippen LogP contribution in [0.2, 0.25) is 0 Å². The fourth-order valence-corrected chi connectivity index (χ4v) is 4.83. The largest absolute Gasteiger partial charge is 0.497 e. The van der Waals surface area contributed by atoms with E-state index in [1.807, 2.05) is 109 Å². The zero-order valence-corrected chi connectivity index (χ0v) is 21.4. The third kappa shape index (κ3) is 5.57. The van der Waals surface area contributed by atoms with Crippen molar-refractivity contribution in [2.45, 2.75) is 12.1 Å². The Morgan fingerprint density at radius 2 is 1.59 bits per heavy atom. The fourth-order valence-electron chi connectivity index (χ4n) is 4.08. The van der Waals surface area contributed by atoms with E-state index in [-0.39, 0.29) is 11.7 Å². The topological polar surface area (TPSA) is 69.0 Å². The lowest BCUT2D eigenvalue weighted by molar-refractivity contribution is -0.113. The summed E-state index contributed by atoms with van der Waals surface area (Å²) >= 11 is 1.35. The van der Waals surface area contributed by atoms with Crippen LogP contribution in [-0.4, -0.2) is 33.5 Å². The summed E-state index contributed by atoms with van der Waals surface area (Å²) in [5.74, 6) is 1.55. The molecular weight excluding hydrogens is 480 g/mol. The normalized spacial score (nSPS) is 10.8. The average molecular weight is 507 g/mol. The van der Waals surface area contributed by atoms with Gasteiger partial charge < -0.3 is 10.1 Å². The molecule has 0 fully saturated rings.